The van der Waals surface area contributed by atoms with Gasteiger partial charge in [0.05, 0.1) is 22.3 Å². The van der Waals surface area contributed by atoms with Crippen LogP contribution in [-0.4, -0.2) is 24.1 Å². The Kier molecular flexibility index (Phi) is 3.58. The van der Waals surface area contributed by atoms with Crippen LogP contribution in [-0.2, 0) is 0 Å². The SMILES string of the molecule is Cc1ccc(-n2ccc3nc4ncnn4c(-c4ccccc4)c3c2=O)c(C)c1. The number of hydrogen-bond acceptors (Lipinski definition) is 4. The van der Waals surface area contributed by atoms with E-state index in [1.165, 1.54) is 6.33 Å². The van der Waals surface area contributed by atoms with Crippen LogP contribution in [0.4, 0.5) is 0 Å². The molecule has 0 spiro atoms. The van der Waals surface area contributed by atoms with Gasteiger partial charge in [-0.2, -0.15) is 14.6 Å². The Labute approximate surface area is 160 Å². The second-order valence-electron chi connectivity index (χ2n) is 6.84. The average Bonchev–Trinajstić information content (AvgIpc) is 3.16. The lowest BCUT2D eigenvalue weighted by atomic mass is 10.1. The number of pyridine rings is 1. The third-order valence-electron chi connectivity index (χ3n) is 4.93. The van der Waals surface area contributed by atoms with E-state index in [9.17, 15) is 4.79 Å². The summed E-state index contributed by atoms with van der Waals surface area (Å²) in [6, 6.07) is 17.7. The molecule has 0 bridgehead atoms. The van der Waals surface area contributed by atoms with Crippen molar-refractivity contribution < 1.29 is 0 Å². The summed E-state index contributed by atoms with van der Waals surface area (Å²) in [5.74, 6) is 0.468. The maximum Gasteiger partial charge on any atom is 0.266 e. The molecule has 136 valence electrons. The summed E-state index contributed by atoms with van der Waals surface area (Å²) in [6.07, 6.45) is 3.23. The van der Waals surface area contributed by atoms with Crippen molar-refractivity contribution in [2.24, 2.45) is 0 Å². The van der Waals surface area contributed by atoms with Crippen molar-refractivity contribution in [3.63, 3.8) is 0 Å². The van der Waals surface area contributed by atoms with Crippen LogP contribution in [0.2, 0.25) is 0 Å². The number of benzene rings is 2. The van der Waals surface area contributed by atoms with Gasteiger partial charge in [-0.05, 0) is 31.5 Å². The van der Waals surface area contributed by atoms with Gasteiger partial charge in [0.25, 0.3) is 11.3 Å². The molecule has 3 heterocycles. The fourth-order valence-electron chi connectivity index (χ4n) is 3.65. The molecule has 6 nitrogen and oxygen atoms in total. The van der Waals surface area contributed by atoms with E-state index in [-0.39, 0.29) is 5.56 Å². The maximum absolute atomic E-state index is 13.6. The lowest BCUT2D eigenvalue weighted by Crippen LogP contribution is -2.20. The highest BCUT2D eigenvalue weighted by Crippen LogP contribution is 2.26. The van der Waals surface area contributed by atoms with Crippen LogP contribution in [0.5, 0.6) is 0 Å². The van der Waals surface area contributed by atoms with Gasteiger partial charge in [0, 0.05) is 11.8 Å². The Morgan fingerprint density at radius 2 is 1.79 bits per heavy atom. The molecule has 5 aromatic rings. The number of aromatic nitrogens is 5. The third kappa shape index (κ3) is 2.42. The minimum absolute atomic E-state index is 0.131. The molecule has 0 unspecified atom stereocenters. The van der Waals surface area contributed by atoms with Crippen molar-refractivity contribution in [2.75, 3.05) is 0 Å². The molecule has 2 aromatic carbocycles. The smallest absolute Gasteiger partial charge is 0.266 e. The van der Waals surface area contributed by atoms with E-state index in [0.29, 0.717) is 22.4 Å². The number of hydrogen-bond donors (Lipinski definition) is 0. The minimum atomic E-state index is -0.131. The van der Waals surface area contributed by atoms with Gasteiger partial charge in [-0.15, -0.1) is 0 Å². The van der Waals surface area contributed by atoms with Crippen molar-refractivity contribution >= 4 is 16.7 Å². The Hall–Kier alpha value is -3.80. The standard InChI is InChI=1S/C22H17N5O/c1-14-8-9-18(15(2)12-14)26-11-10-17-19(21(26)28)20(16-6-4-3-5-7-16)27-22(25-17)23-13-24-27/h3-13H,1-2H3. The molecular formula is C22H17N5O. The predicted molar refractivity (Wildman–Crippen MR) is 109 cm³/mol. The highest BCUT2D eigenvalue weighted by Gasteiger charge is 2.17. The molecule has 28 heavy (non-hydrogen) atoms. The highest BCUT2D eigenvalue weighted by molar-refractivity contribution is 5.93. The first kappa shape index (κ1) is 16.4. The molecule has 0 saturated carbocycles. The van der Waals surface area contributed by atoms with Gasteiger partial charge in [-0.3, -0.25) is 9.36 Å². The van der Waals surface area contributed by atoms with Crippen molar-refractivity contribution in [3.05, 3.63) is 88.6 Å². The largest absolute Gasteiger partial charge is 0.283 e. The number of nitrogens with zero attached hydrogens (tertiary/aromatic N) is 5. The first-order valence-corrected chi connectivity index (χ1v) is 9.01. The van der Waals surface area contributed by atoms with E-state index in [4.69, 9.17) is 0 Å². The number of aryl methyl sites for hydroxylation is 2. The lowest BCUT2D eigenvalue weighted by molar-refractivity contribution is 0.946. The highest BCUT2D eigenvalue weighted by atomic mass is 16.1. The molecule has 5 rings (SSSR count). The molecule has 6 heteroatoms. The fraction of sp³-hybridized carbons (Fsp3) is 0.0909. The lowest BCUT2D eigenvalue weighted by Gasteiger charge is -2.13. The van der Waals surface area contributed by atoms with E-state index in [2.05, 4.69) is 21.1 Å². The molecule has 0 aliphatic heterocycles. The summed E-state index contributed by atoms with van der Waals surface area (Å²) < 4.78 is 3.30. The molecule has 0 N–H and O–H groups in total. The fourth-order valence-corrected chi connectivity index (χ4v) is 3.65. The molecule has 0 radical (unpaired) electrons. The monoisotopic (exact) mass is 367 g/mol. The van der Waals surface area contributed by atoms with Gasteiger partial charge in [0.1, 0.15) is 6.33 Å². The van der Waals surface area contributed by atoms with Crippen LogP contribution < -0.4 is 5.56 Å². The Morgan fingerprint density at radius 3 is 2.57 bits per heavy atom. The first-order valence-electron chi connectivity index (χ1n) is 9.01. The quantitative estimate of drug-likeness (QED) is 0.477. The number of fused-ring (bicyclic) bond motifs is 2. The Morgan fingerprint density at radius 1 is 0.964 bits per heavy atom. The van der Waals surface area contributed by atoms with Crippen LogP contribution in [0, 0.1) is 13.8 Å². The molecule has 0 aliphatic rings. The Balaban J connectivity index is 1.93. The van der Waals surface area contributed by atoms with Gasteiger partial charge in [-0.25, -0.2) is 4.98 Å². The molecule has 0 amide bonds. The molecule has 0 saturated heterocycles. The van der Waals surface area contributed by atoms with Crippen molar-refractivity contribution in [3.8, 4) is 16.9 Å². The zero-order chi connectivity index (χ0) is 19.3. The van der Waals surface area contributed by atoms with Gasteiger partial charge in [-0.1, -0.05) is 48.0 Å². The normalized spacial score (nSPS) is 11.4. The summed E-state index contributed by atoms with van der Waals surface area (Å²) in [7, 11) is 0. The van der Waals surface area contributed by atoms with Gasteiger partial charge < -0.3 is 0 Å². The summed E-state index contributed by atoms with van der Waals surface area (Å²) in [5, 5.41) is 4.83. The average molecular weight is 367 g/mol. The second kappa shape index (κ2) is 6.13. The minimum Gasteiger partial charge on any atom is -0.283 e. The summed E-state index contributed by atoms with van der Waals surface area (Å²) in [5.41, 5.74) is 5.11. The van der Waals surface area contributed by atoms with Gasteiger partial charge in [0.15, 0.2) is 0 Å². The molecule has 0 aliphatic carbocycles. The Bertz CT molecular complexity index is 1400. The first-order chi connectivity index (χ1) is 13.6. The van der Waals surface area contributed by atoms with E-state index in [1.54, 1.807) is 15.3 Å². The van der Waals surface area contributed by atoms with Crippen LogP contribution in [0.15, 0.2) is 71.9 Å². The van der Waals surface area contributed by atoms with Crippen molar-refractivity contribution in [1.82, 2.24) is 24.1 Å². The van der Waals surface area contributed by atoms with Crippen molar-refractivity contribution in [2.45, 2.75) is 13.8 Å². The van der Waals surface area contributed by atoms with E-state index in [1.807, 2.05) is 62.4 Å². The second-order valence-corrected chi connectivity index (χ2v) is 6.84. The van der Waals surface area contributed by atoms with Gasteiger partial charge >= 0.3 is 0 Å². The molecular weight excluding hydrogens is 350 g/mol. The summed E-state index contributed by atoms with van der Waals surface area (Å²) in [6.45, 7) is 4.05. The van der Waals surface area contributed by atoms with Gasteiger partial charge in [0.2, 0.25) is 0 Å². The summed E-state index contributed by atoms with van der Waals surface area (Å²) >= 11 is 0. The third-order valence-corrected chi connectivity index (χ3v) is 4.93. The molecule has 0 atom stereocenters. The molecule has 0 fully saturated rings. The van der Waals surface area contributed by atoms with Crippen LogP contribution in [0.1, 0.15) is 11.1 Å². The number of rotatable bonds is 2. The zero-order valence-corrected chi connectivity index (χ0v) is 15.5. The van der Waals surface area contributed by atoms with E-state index in [0.717, 1.165) is 22.4 Å². The van der Waals surface area contributed by atoms with E-state index < -0.39 is 0 Å². The van der Waals surface area contributed by atoms with Crippen LogP contribution in [0.25, 0.3) is 33.6 Å². The maximum atomic E-state index is 13.6. The predicted octanol–water partition coefficient (Wildman–Crippen LogP) is 3.71. The van der Waals surface area contributed by atoms with E-state index >= 15 is 0 Å². The zero-order valence-electron chi connectivity index (χ0n) is 15.5. The summed E-state index contributed by atoms with van der Waals surface area (Å²) in [4.78, 5) is 22.3. The van der Waals surface area contributed by atoms with Crippen LogP contribution in [0.3, 0.4) is 0 Å². The topological polar surface area (TPSA) is 65.1 Å². The van der Waals surface area contributed by atoms with Crippen LogP contribution >= 0.6 is 0 Å². The molecule has 3 aromatic heterocycles. The van der Waals surface area contributed by atoms with Crippen molar-refractivity contribution in [1.29, 1.82) is 0 Å².